The normalized spacial score (nSPS) is 26.4. The molecule has 0 aliphatic carbocycles. The molecule has 20 heavy (non-hydrogen) atoms. The van der Waals surface area contributed by atoms with Crippen LogP contribution in [-0.2, 0) is 4.74 Å². The Balaban J connectivity index is 2.24. The number of thiophene rings is 1. The minimum Gasteiger partial charge on any atom is -0.394 e. The van der Waals surface area contributed by atoms with E-state index in [4.69, 9.17) is 10.5 Å². The maximum Gasteiger partial charge on any atom is 0.0940 e. The van der Waals surface area contributed by atoms with Crippen LogP contribution < -0.4 is 5.73 Å². The molecular formula is C15H26N2O2S. The summed E-state index contributed by atoms with van der Waals surface area (Å²) in [6.45, 7) is 7.89. The van der Waals surface area contributed by atoms with Gasteiger partial charge in [-0.25, -0.2) is 0 Å². The Kier molecular flexibility index (Phi) is 5.20. The lowest BCUT2D eigenvalue weighted by molar-refractivity contribution is -0.159. The lowest BCUT2D eigenvalue weighted by Crippen LogP contribution is -2.57. The number of hydrogen-bond acceptors (Lipinski definition) is 5. The lowest BCUT2D eigenvalue weighted by atomic mass is 9.95. The first-order valence-electron chi connectivity index (χ1n) is 7.27. The molecule has 4 nitrogen and oxygen atoms in total. The van der Waals surface area contributed by atoms with Crippen molar-refractivity contribution in [3.63, 3.8) is 0 Å². The first-order chi connectivity index (χ1) is 9.46. The number of ether oxygens (including phenoxy) is 1. The van der Waals surface area contributed by atoms with Crippen molar-refractivity contribution < 1.29 is 9.84 Å². The number of morpholine rings is 1. The van der Waals surface area contributed by atoms with Crippen molar-refractivity contribution in [3.05, 3.63) is 22.4 Å². The summed E-state index contributed by atoms with van der Waals surface area (Å²) < 4.78 is 5.90. The molecule has 0 bridgehead atoms. The van der Waals surface area contributed by atoms with Crippen LogP contribution in [0.3, 0.4) is 0 Å². The van der Waals surface area contributed by atoms with Crippen LogP contribution in [0.15, 0.2) is 16.8 Å². The van der Waals surface area contributed by atoms with Gasteiger partial charge < -0.3 is 15.6 Å². The molecule has 1 saturated heterocycles. The molecule has 0 radical (unpaired) electrons. The zero-order valence-electron chi connectivity index (χ0n) is 12.6. The van der Waals surface area contributed by atoms with Gasteiger partial charge in [-0.3, -0.25) is 4.90 Å². The first-order valence-corrected chi connectivity index (χ1v) is 8.21. The molecule has 1 aliphatic heterocycles. The molecule has 0 spiro atoms. The van der Waals surface area contributed by atoms with Gasteiger partial charge in [0.15, 0.2) is 0 Å². The van der Waals surface area contributed by atoms with Gasteiger partial charge in [-0.15, -0.1) is 0 Å². The summed E-state index contributed by atoms with van der Waals surface area (Å²) in [7, 11) is 0. The number of nitrogens with two attached hydrogens (primary N) is 1. The Morgan fingerprint density at radius 2 is 2.35 bits per heavy atom. The molecule has 1 aliphatic rings. The van der Waals surface area contributed by atoms with Crippen molar-refractivity contribution in [1.29, 1.82) is 0 Å². The molecule has 114 valence electrons. The zero-order chi connectivity index (χ0) is 14.8. The summed E-state index contributed by atoms with van der Waals surface area (Å²) in [5.74, 6) is 0. The second-order valence-corrected chi connectivity index (χ2v) is 6.97. The van der Waals surface area contributed by atoms with Gasteiger partial charge in [-0.2, -0.15) is 11.3 Å². The smallest absolute Gasteiger partial charge is 0.0940 e. The molecule has 2 rings (SSSR count). The average Bonchev–Trinajstić information content (AvgIpc) is 2.90. The number of nitrogens with zero attached hydrogens (tertiary/aromatic N) is 1. The van der Waals surface area contributed by atoms with Crippen molar-refractivity contribution in [1.82, 2.24) is 4.90 Å². The fourth-order valence-electron chi connectivity index (χ4n) is 3.04. The van der Waals surface area contributed by atoms with Crippen LogP contribution in [0.4, 0.5) is 0 Å². The second-order valence-electron chi connectivity index (χ2n) is 6.19. The minimum absolute atomic E-state index is 0.0532. The highest BCUT2D eigenvalue weighted by Gasteiger charge is 2.38. The molecule has 0 saturated carbocycles. The van der Waals surface area contributed by atoms with Gasteiger partial charge in [-0.1, -0.05) is 6.92 Å². The second kappa shape index (κ2) is 6.54. The van der Waals surface area contributed by atoms with E-state index in [9.17, 15) is 5.11 Å². The molecule has 0 amide bonds. The maximum absolute atomic E-state index is 9.47. The fraction of sp³-hybridized carbons (Fsp3) is 0.733. The molecular weight excluding hydrogens is 272 g/mol. The van der Waals surface area contributed by atoms with Crippen molar-refractivity contribution in [2.75, 3.05) is 19.7 Å². The Hall–Kier alpha value is -0.460. The van der Waals surface area contributed by atoms with E-state index in [-0.39, 0.29) is 30.4 Å². The van der Waals surface area contributed by atoms with E-state index in [1.165, 1.54) is 5.56 Å². The summed E-state index contributed by atoms with van der Waals surface area (Å²) in [4.78, 5) is 2.38. The molecule has 5 heteroatoms. The van der Waals surface area contributed by atoms with Gasteiger partial charge >= 0.3 is 0 Å². The van der Waals surface area contributed by atoms with E-state index in [1.807, 2.05) is 0 Å². The third-order valence-electron chi connectivity index (χ3n) is 3.87. The molecule has 3 atom stereocenters. The Labute approximate surface area is 125 Å². The molecule has 3 unspecified atom stereocenters. The molecule has 1 aromatic heterocycles. The molecule has 0 aromatic carbocycles. The average molecular weight is 298 g/mol. The molecule has 3 N–H and O–H groups in total. The highest BCUT2D eigenvalue weighted by Crippen LogP contribution is 2.32. The number of rotatable bonds is 5. The van der Waals surface area contributed by atoms with E-state index in [0.717, 1.165) is 19.5 Å². The Morgan fingerprint density at radius 1 is 1.60 bits per heavy atom. The maximum atomic E-state index is 9.47. The van der Waals surface area contributed by atoms with Crippen molar-refractivity contribution in [2.24, 2.45) is 5.73 Å². The predicted octanol–water partition coefficient (Wildman–Crippen LogP) is 2.00. The predicted molar refractivity (Wildman–Crippen MR) is 82.9 cm³/mol. The summed E-state index contributed by atoms with van der Waals surface area (Å²) in [5.41, 5.74) is 7.39. The van der Waals surface area contributed by atoms with Gasteiger partial charge in [-0.05, 0) is 42.7 Å². The van der Waals surface area contributed by atoms with Gasteiger partial charge in [0, 0.05) is 19.1 Å². The van der Waals surface area contributed by atoms with Crippen LogP contribution in [-0.4, -0.2) is 47.4 Å². The quantitative estimate of drug-likeness (QED) is 0.873. The molecule has 1 aromatic rings. The summed E-state index contributed by atoms with van der Waals surface area (Å²) in [5, 5.41) is 13.7. The standard InChI is InChI=1S/C15H26N2O2S/c1-4-13(16)14(11-5-6-20-9-11)17-7-12(8-18)19-15(2,3)10-17/h5-6,9,12-14,18H,4,7-8,10,16H2,1-3H3. The topological polar surface area (TPSA) is 58.7 Å². The van der Waals surface area contributed by atoms with E-state index < -0.39 is 0 Å². The van der Waals surface area contributed by atoms with E-state index in [2.05, 4.69) is 42.5 Å². The Bertz CT molecular complexity index is 408. The molecule has 2 heterocycles. The first kappa shape index (κ1) is 15.9. The van der Waals surface area contributed by atoms with Crippen LogP contribution in [0.5, 0.6) is 0 Å². The van der Waals surface area contributed by atoms with Crippen LogP contribution in [0.2, 0.25) is 0 Å². The van der Waals surface area contributed by atoms with Gasteiger partial charge in [0.1, 0.15) is 0 Å². The Morgan fingerprint density at radius 3 is 2.90 bits per heavy atom. The number of aliphatic hydroxyl groups excluding tert-OH is 1. The van der Waals surface area contributed by atoms with Crippen LogP contribution in [0.1, 0.15) is 38.8 Å². The van der Waals surface area contributed by atoms with E-state index in [0.29, 0.717) is 0 Å². The molecule has 1 fully saturated rings. The largest absolute Gasteiger partial charge is 0.394 e. The van der Waals surface area contributed by atoms with Gasteiger partial charge in [0.25, 0.3) is 0 Å². The highest BCUT2D eigenvalue weighted by molar-refractivity contribution is 7.07. The SMILES string of the molecule is CCC(N)C(c1ccsc1)N1CC(CO)OC(C)(C)C1. The van der Waals surface area contributed by atoms with Gasteiger partial charge in [0.2, 0.25) is 0 Å². The number of aliphatic hydroxyl groups is 1. The van der Waals surface area contributed by atoms with Crippen LogP contribution in [0, 0.1) is 0 Å². The van der Waals surface area contributed by atoms with E-state index >= 15 is 0 Å². The van der Waals surface area contributed by atoms with Crippen molar-refractivity contribution >= 4 is 11.3 Å². The minimum atomic E-state index is -0.257. The summed E-state index contributed by atoms with van der Waals surface area (Å²) in [6.07, 6.45) is 0.797. The monoisotopic (exact) mass is 298 g/mol. The van der Waals surface area contributed by atoms with Crippen molar-refractivity contribution in [3.8, 4) is 0 Å². The van der Waals surface area contributed by atoms with Crippen LogP contribution >= 0.6 is 11.3 Å². The zero-order valence-corrected chi connectivity index (χ0v) is 13.4. The lowest BCUT2D eigenvalue weighted by Gasteiger charge is -2.46. The summed E-state index contributed by atoms with van der Waals surface area (Å²) in [6, 6.07) is 2.45. The number of hydrogen-bond donors (Lipinski definition) is 2. The van der Waals surface area contributed by atoms with Crippen LogP contribution in [0.25, 0.3) is 0 Å². The third-order valence-corrected chi connectivity index (χ3v) is 4.57. The van der Waals surface area contributed by atoms with Gasteiger partial charge in [0.05, 0.1) is 24.4 Å². The van der Waals surface area contributed by atoms with Crippen molar-refractivity contribution in [2.45, 2.75) is 51.0 Å². The summed E-state index contributed by atoms with van der Waals surface area (Å²) >= 11 is 1.70. The highest BCUT2D eigenvalue weighted by atomic mass is 32.1. The van der Waals surface area contributed by atoms with E-state index in [1.54, 1.807) is 11.3 Å². The third kappa shape index (κ3) is 3.59. The fourth-order valence-corrected chi connectivity index (χ4v) is 3.73.